The maximum absolute atomic E-state index is 5.72. The van der Waals surface area contributed by atoms with Crippen molar-refractivity contribution in [3.8, 4) is 17.0 Å². The van der Waals surface area contributed by atoms with E-state index in [1.807, 2.05) is 47.1 Å². The average molecular weight is 296 g/mol. The summed E-state index contributed by atoms with van der Waals surface area (Å²) in [6, 6.07) is 11.8. The quantitative estimate of drug-likeness (QED) is 0.689. The van der Waals surface area contributed by atoms with Crippen LogP contribution in [0.5, 0.6) is 5.75 Å². The number of anilines is 1. The number of hydrogen-bond acceptors (Lipinski definition) is 5. The van der Waals surface area contributed by atoms with E-state index in [0.717, 1.165) is 28.5 Å². The average Bonchev–Trinajstić information content (AvgIpc) is 2.97. The van der Waals surface area contributed by atoms with Crippen molar-refractivity contribution in [1.29, 1.82) is 0 Å². The zero-order valence-electron chi connectivity index (χ0n) is 12.0. The summed E-state index contributed by atoms with van der Waals surface area (Å²) in [5, 5.41) is 7.86. The molecule has 1 N–H and O–H groups in total. The Morgan fingerprint density at radius 3 is 3.09 bits per heavy atom. The summed E-state index contributed by atoms with van der Waals surface area (Å²) in [4.78, 5) is 4.41. The van der Waals surface area contributed by atoms with Crippen molar-refractivity contribution in [2.24, 2.45) is 0 Å². The second-order valence-electron chi connectivity index (χ2n) is 5.05. The molecule has 112 valence electrons. The Morgan fingerprint density at radius 2 is 2.09 bits per heavy atom. The van der Waals surface area contributed by atoms with E-state index in [1.54, 1.807) is 0 Å². The van der Waals surface area contributed by atoms with Gasteiger partial charge >= 0.3 is 0 Å². The lowest BCUT2D eigenvalue weighted by molar-refractivity contribution is 0.107. The number of nitrogens with one attached hydrogen (secondary N) is 1. The van der Waals surface area contributed by atoms with Crippen molar-refractivity contribution in [3.05, 3.63) is 42.6 Å². The van der Waals surface area contributed by atoms with E-state index in [9.17, 15) is 0 Å². The number of ether oxygens (including phenoxy) is 2. The lowest BCUT2D eigenvalue weighted by Crippen LogP contribution is -2.15. The first-order valence-electron chi connectivity index (χ1n) is 7.30. The fourth-order valence-corrected chi connectivity index (χ4v) is 2.48. The molecule has 3 aromatic rings. The van der Waals surface area contributed by atoms with Crippen LogP contribution >= 0.6 is 0 Å². The summed E-state index contributed by atoms with van der Waals surface area (Å²) in [5.41, 5.74) is 2.78. The van der Waals surface area contributed by atoms with Gasteiger partial charge in [0.2, 0.25) is 0 Å². The van der Waals surface area contributed by atoms with Crippen LogP contribution in [0.25, 0.3) is 16.9 Å². The summed E-state index contributed by atoms with van der Waals surface area (Å²) < 4.78 is 13.1. The van der Waals surface area contributed by atoms with Crippen molar-refractivity contribution < 1.29 is 9.47 Å². The summed E-state index contributed by atoms with van der Waals surface area (Å²) in [5.74, 6) is 1.63. The largest absolute Gasteiger partial charge is 0.491 e. The Kier molecular flexibility index (Phi) is 3.36. The Balaban J connectivity index is 1.83. The smallest absolute Gasteiger partial charge is 0.154 e. The molecule has 0 aliphatic carbocycles. The summed E-state index contributed by atoms with van der Waals surface area (Å²) in [7, 11) is 0. The van der Waals surface area contributed by atoms with Crippen LogP contribution in [0, 0.1) is 0 Å². The number of imidazole rings is 1. The Hall–Kier alpha value is -2.60. The molecule has 0 radical (unpaired) electrons. The van der Waals surface area contributed by atoms with Crippen LogP contribution in [0.2, 0.25) is 0 Å². The standard InChI is InChI=1S/C16H16N4O2/c1-2-12-10-13(3-1)22-9-8-21-7-6-17-15-4-5-16-18-11-14(12)20(16)19-15/h1-5,10-11H,6-9H2,(H,17,19). The van der Waals surface area contributed by atoms with Gasteiger partial charge in [-0.15, -0.1) is 5.10 Å². The molecule has 6 nitrogen and oxygen atoms in total. The number of fused-ring (bicyclic) bond motifs is 4. The number of nitrogens with zero attached hydrogens (tertiary/aromatic N) is 3. The first kappa shape index (κ1) is 13.1. The van der Waals surface area contributed by atoms with E-state index in [2.05, 4.69) is 15.4 Å². The van der Waals surface area contributed by atoms with E-state index in [1.165, 1.54) is 0 Å². The van der Waals surface area contributed by atoms with Gasteiger partial charge in [-0.05, 0) is 24.3 Å². The van der Waals surface area contributed by atoms with Crippen molar-refractivity contribution in [1.82, 2.24) is 14.6 Å². The SMILES string of the molecule is c1cc2cc(c1)-c1cnc3ccc(nn13)NCCOCCO2. The number of benzene rings is 1. The Labute approximate surface area is 127 Å². The predicted octanol–water partition coefficient (Wildman–Crippen LogP) is 2.22. The minimum atomic E-state index is 0.537. The molecule has 1 aliphatic heterocycles. The van der Waals surface area contributed by atoms with Gasteiger partial charge in [-0.25, -0.2) is 9.50 Å². The van der Waals surface area contributed by atoms with Crippen molar-refractivity contribution in [3.63, 3.8) is 0 Å². The molecule has 22 heavy (non-hydrogen) atoms. The van der Waals surface area contributed by atoms with Gasteiger partial charge in [0.1, 0.15) is 18.2 Å². The molecule has 1 aliphatic rings. The summed E-state index contributed by atoms with van der Waals surface area (Å²) >= 11 is 0. The van der Waals surface area contributed by atoms with Gasteiger partial charge in [-0.3, -0.25) is 0 Å². The van der Waals surface area contributed by atoms with Crippen molar-refractivity contribution >= 4 is 11.5 Å². The molecule has 0 amide bonds. The van der Waals surface area contributed by atoms with E-state index >= 15 is 0 Å². The first-order chi connectivity index (χ1) is 10.9. The predicted molar refractivity (Wildman–Crippen MR) is 83.2 cm³/mol. The highest BCUT2D eigenvalue weighted by molar-refractivity contribution is 5.65. The summed E-state index contributed by atoms with van der Waals surface area (Å²) in [6.45, 7) is 2.42. The van der Waals surface area contributed by atoms with Crippen LogP contribution in [-0.4, -0.2) is 41.0 Å². The minimum absolute atomic E-state index is 0.537. The van der Waals surface area contributed by atoms with Crippen LogP contribution in [0.15, 0.2) is 42.6 Å². The normalized spacial score (nSPS) is 15.1. The second-order valence-corrected chi connectivity index (χ2v) is 5.05. The van der Waals surface area contributed by atoms with Crippen LogP contribution in [-0.2, 0) is 4.74 Å². The van der Waals surface area contributed by atoms with Gasteiger partial charge in [-0.1, -0.05) is 12.1 Å². The molecule has 3 heterocycles. The second kappa shape index (κ2) is 5.65. The molecule has 6 heteroatoms. The first-order valence-corrected chi connectivity index (χ1v) is 7.30. The van der Waals surface area contributed by atoms with Crippen LogP contribution in [0.4, 0.5) is 5.82 Å². The van der Waals surface area contributed by atoms with Crippen LogP contribution in [0.1, 0.15) is 0 Å². The van der Waals surface area contributed by atoms with Gasteiger partial charge < -0.3 is 14.8 Å². The highest BCUT2D eigenvalue weighted by atomic mass is 16.5. The fraction of sp³-hybridized carbons (Fsp3) is 0.250. The monoisotopic (exact) mass is 296 g/mol. The molecule has 4 rings (SSSR count). The van der Waals surface area contributed by atoms with Crippen LogP contribution < -0.4 is 10.1 Å². The molecule has 0 fully saturated rings. The summed E-state index contributed by atoms with van der Waals surface area (Å²) in [6.07, 6.45) is 1.83. The van der Waals surface area contributed by atoms with Gasteiger partial charge in [0.25, 0.3) is 0 Å². The van der Waals surface area contributed by atoms with Crippen LogP contribution in [0.3, 0.4) is 0 Å². The third-order valence-corrected chi connectivity index (χ3v) is 3.54. The number of rotatable bonds is 0. The molecule has 0 spiro atoms. The van der Waals surface area contributed by atoms with Gasteiger partial charge in [0, 0.05) is 12.1 Å². The third kappa shape index (κ3) is 2.48. The lowest BCUT2D eigenvalue weighted by atomic mass is 10.1. The van der Waals surface area contributed by atoms with Gasteiger partial charge in [0.15, 0.2) is 5.65 Å². The lowest BCUT2D eigenvalue weighted by Gasteiger charge is -2.11. The molecule has 1 aromatic carbocycles. The molecule has 0 unspecified atom stereocenters. The third-order valence-electron chi connectivity index (χ3n) is 3.54. The van der Waals surface area contributed by atoms with E-state index in [4.69, 9.17) is 9.47 Å². The van der Waals surface area contributed by atoms with Crippen molar-refractivity contribution in [2.45, 2.75) is 0 Å². The van der Waals surface area contributed by atoms with E-state index < -0.39 is 0 Å². The number of hydrogen-bond donors (Lipinski definition) is 1. The fourth-order valence-electron chi connectivity index (χ4n) is 2.48. The maximum atomic E-state index is 5.72. The minimum Gasteiger partial charge on any atom is -0.491 e. The Bertz CT molecular complexity index is 800. The molecule has 4 bridgehead atoms. The van der Waals surface area contributed by atoms with Crippen molar-refractivity contribution in [2.75, 3.05) is 31.7 Å². The van der Waals surface area contributed by atoms with E-state index in [0.29, 0.717) is 26.4 Å². The van der Waals surface area contributed by atoms with Gasteiger partial charge in [-0.2, -0.15) is 0 Å². The molecule has 0 atom stereocenters. The Morgan fingerprint density at radius 1 is 1.09 bits per heavy atom. The highest BCUT2D eigenvalue weighted by Crippen LogP contribution is 2.25. The molecule has 0 saturated carbocycles. The molecular weight excluding hydrogens is 280 g/mol. The zero-order chi connectivity index (χ0) is 14.8. The molecule has 2 aromatic heterocycles. The van der Waals surface area contributed by atoms with Gasteiger partial charge in [0.05, 0.1) is 25.1 Å². The zero-order valence-corrected chi connectivity index (χ0v) is 12.0. The topological polar surface area (TPSA) is 60.7 Å². The number of aromatic nitrogens is 3. The van der Waals surface area contributed by atoms with E-state index in [-0.39, 0.29) is 0 Å². The highest BCUT2D eigenvalue weighted by Gasteiger charge is 2.09. The molecular formula is C16H16N4O2. The maximum Gasteiger partial charge on any atom is 0.154 e. The molecule has 0 saturated heterocycles.